The molecule has 1 saturated heterocycles. The van der Waals surface area contributed by atoms with Crippen molar-refractivity contribution in [3.63, 3.8) is 0 Å². The molecule has 0 aliphatic carbocycles. The van der Waals surface area contributed by atoms with Crippen LogP contribution in [0.2, 0.25) is 0 Å². The number of rotatable bonds is 5. The van der Waals surface area contributed by atoms with Gasteiger partial charge >= 0.3 is 0 Å². The summed E-state index contributed by atoms with van der Waals surface area (Å²) in [6.07, 6.45) is 3.70. The maximum atomic E-state index is 10.6. The number of non-ortho nitro benzene ring substituents is 1. The standard InChI is InChI=1S/C14H21N2O2.BrH/c1-2-16(10-3-4-11-16)12-9-13-5-7-14(8-6-13)15(17)18;/h5-8H,2-4,9-12H2,1H3;1H/q+1;/p-1. The normalized spacial score (nSPS) is 16.9. The Morgan fingerprint density at radius 1 is 1.21 bits per heavy atom. The van der Waals surface area contributed by atoms with E-state index in [1.54, 1.807) is 12.1 Å². The summed E-state index contributed by atoms with van der Waals surface area (Å²) in [7, 11) is 0. The molecule has 0 aromatic heterocycles. The first-order valence-corrected chi connectivity index (χ1v) is 6.74. The second-order valence-electron chi connectivity index (χ2n) is 5.21. The number of halogens is 1. The number of likely N-dealkylation sites (N-methyl/N-ethyl adjacent to an activating group) is 1. The molecule has 0 saturated carbocycles. The van der Waals surface area contributed by atoms with Crippen molar-refractivity contribution < 1.29 is 26.4 Å². The number of quaternary nitrogens is 1. The van der Waals surface area contributed by atoms with E-state index >= 15 is 0 Å². The highest BCUT2D eigenvalue weighted by atomic mass is 79.9. The van der Waals surface area contributed by atoms with Crippen LogP contribution in [-0.4, -0.2) is 35.6 Å². The molecule has 1 aliphatic rings. The summed E-state index contributed by atoms with van der Waals surface area (Å²) >= 11 is 0. The van der Waals surface area contributed by atoms with Crippen LogP contribution in [0.25, 0.3) is 0 Å². The molecule has 0 atom stereocenters. The number of likely N-dealkylation sites (tertiary alicyclic amines) is 1. The van der Waals surface area contributed by atoms with Crippen molar-refractivity contribution in [1.82, 2.24) is 0 Å². The van der Waals surface area contributed by atoms with E-state index in [-0.39, 0.29) is 27.6 Å². The Kier molecular flexibility index (Phi) is 5.94. The van der Waals surface area contributed by atoms with E-state index in [4.69, 9.17) is 0 Å². The zero-order valence-corrected chi connectivity index (χ0v) is 12.9. The highest BCUT2D eigenvalue weighted by Crippen LogP contribution is 2.20. The molecule has 1 aromatic carbocycles. The van der Waals surface area contributed by atoms with Gasteiger partial charge in [0.15, 0.2) is 0 Å². The van der Waals surface area contributed by atoms with Gasteiger partial charge in [0, 0.05) is 31.4 Å². The summed E-state index contributed by atoms with van der Waals surface area (Å²) in [6, 6.07) is 6.99. The molecule has 0 bridgehead atoms. The van der Waals surface area contributed by atoms with Crippen molar-refractivity contribution in [3.8, 4) is 0 Å². The molecule has 0 unspecified atom stereocenters. The molecule has 1 heterocycles. The van der Waals surface area contributed by atoms with Crippen molar-refractivity contribution >= 4 is 5.69 Å². The summed E-state index contributed by atoms with van der Waals surface area (Å²) < 4.78 is 1.22. The van der Waals surface area contributed by atoms with Gasteiger partial charge < -0.3 is 21.5 Å². The van der Waals surface area contributed by atoms with Crippen molar-refractivity contribution in [3.05, 3.63) is 39.9 Å². The van der Waals surface area contributed by atoms with E-state index in [2.05, 4.69) is 6.92 Å². The van der Waals surface area contributed by atoms with E-state index in [1.165, 1.54) is 42.5 Å². The van der Waals surface area contributed by atoms with E-state index < -0.39 is 0 Å². The van der Waals surface area contributed by atoms with Crippen molar-refractivity contribution in [2.45, 2.75) is 26.2 Å². The van der Waals surface area contributed by atoms with Crippen molar-refractivity contribution in [1.29, 1.82) is 0 Å². The lowest BCUT2D eigenvalue weighted by atomic mass is 10.1. The Morgan fingerprint density at radius 2 is 1.79 bits per heavy atom. The summed E-state index contributed by atoms with van der Waals surface area (Å²) in [4.78, 5) is 10.2. The van der Waals surface area contributed by atoms with E-state index in [1.807, 2.05) is 12.1 Å². The highest BCUT2D eigenvalue weighted by molar-refractivity contribution is 5.32. The number of benzene rings is 1. The van der Waals surface area contributed by atoms with Crippen molar-refractivity contribution in [2.24, 2.45) is 0 Å². The minimum atomic E-state index is -0.343. The van der Waals surface area contributed by atoms with Gasteiger partial charge in [-0.15, -0.1) is 0 Å². The fourth-order valence-corrected chi connectivity index (χ4v) is 2.85. The first-order valence-electron chi connectivity index (χ1n) is 6.74. The largest absolute Gasteiger partial charge is 1.00 e. The number of nitrogens with zero attached hydrogens (tertiary/aromatic N) is 2. The van der Waals surface area contributed by atoms with Crippen LogP contribution >= 0.6 is 0 Å². The van der Waals surface area contributed by atoms with Crippen molar-refractivity contribution in [2.75, 3.05) is 26.2 Å². The minimum absolute atomic E-state index is 0. The second-order valence-corrected chi connectivity index (χ2v) is 5.21. The van der Waals surface area contributed by atoms with Gasteiger partial charge in [-0.05, 0) is 12.5 Å². The van der Waals surface area contributed by atoms with Crippen LogP contribution in [0, 0.1) is 10.1 Å². The molecule has 0 spiro atoms. The van der Waals surface area contributed by atoms with Gasteiger partial charge in [-0.2, -0.15) is 0 Å². The Balaban J connectivity index is 0.00000180. The Morgan fingerprint density at radius 3 is 2.26 bits per heavy atom. The lowest BCUT2D eigenvalue weighted by Gasteiger charge is -2.33. The van der Waals surface area contributed by atoms with Gasteiger partial charge in [0.1, 0.15) is 0 Å². The smallest absolute Gasteiger partial charge is 0.269 e. The number of hydrogen-bond donors (Lipinski definition) is 0. The predicted octanol–water partition coefficient (Wildman–Crippen LogP) is -0.228. The van der Waals surface area contributed by atoms with E-state index in [0.717, 1.165) is 13.0 Å². The molecule has 106 valence electrons. The molecule has 0 amide bonds. The van der Waals surface area contributed by atoms with Gasteiger partial charge in [0.25, 0.3) is 5.69 Å². The van der Waals surface area contributed by atoms with Crippen LogP contribution in [0.5, 0.6) is 0 Å². The third kappa shape index (κ3) is 4.01. The Hall–Kier alpha value is -0.940. The van der Waals surface area contributed by atoms with E-state index in [0.29, 0.717) is 0 Å². The molecule has 4 nitrogen and oxygen atoms in total. The zero-order chi connectivity index (χ0) is 13.0. The van der Waals surface area contributed by atoms with Crippen LogP contribution in [-0.2, 0) is 6.42 Å². The molecular formula is C14H21BrN2O2. The Bertz CT molecular complexity index is 414. The van der Waals surface area contributed by atoms with Crippen LogP contribution in [0.4, 0.5) is 5.69 Å². The molecule has 1 aromatic rings. The zero-order valence-electron chi connectivity index (χ0n) is 11.3. The van der Waals surface area contributed by atoms with E-state index in [9.17, 15) is 10.1 Å². The summed E-state index contributed by atoms with van der Waals surface area (Å²) in [5.41, 5.74) is 1.39. The quantitative estimate of drug-likeness (QED) is 0.426. The average molecular weight is 329 g/mol. The molecule has 2 rings (SSSR count). The number of nitro groups is 1. The lowest BCUT2D eigenvalue weighted by Crippen LogP contribution is -3.00. The molecule has 1 aliphatic heterocycles. The molecule has 0 radical (unpaired) electrons. The lowest BCUT2D eigenvalue weighted by molar-refractivity contribution is -0.914. The van der Waals surface area contributed by atoms with Crippen LogP contribution < -0.4 is 17.0 Å². The monoisotopic (exact) mass is 328 g/mol. The van der Waals surface area contributed by atoms with Crippen LogP contribution in [0.3, 0.4) is 0 Å². The van der Waals surface area contributed by atoms with Gasteiger partial charge in [-0.3, -0.25) is 10.1 Å². The molecular weight excluding hydrogens is 308 g/mol. The summed E-state index contributed by atoms with van der Waals surface area (Å²) in [6.45, 7) is 7.22. The molecule has 0 N–H and O–H groups in total. The summed E-state index contributed by atoms with van der Waals surface area (Å²) in [5, 5.41) is 10.6. The minimum Gasteiger partial charge on any atom is -1.00 e. The maximum absolute atomic E-state index is 10.6. The highest BCUT2D eigenvalue weighted by Gasteiger charge is 2.29. The molecule has 5 heteroatoms. The SMILES string of the molecule is CC[N+]1(CCc2ccc([N+](=O)[O-])cc2)CCCC1.[Br-]. The van der Waals surface area contributed by atoms with Gasteiger partial charge in [0.2, 0.25) is 0 Å². The first-order chi connectivity index (χ1) is 8.65. The first kappa shape index (κ1) is 16.1. The molecule has 19 heavy (non-hydrogen) atoms. The summed E-state index contributed by atoms with van der Waals surface area (Å²) in [5.74, 6) is 0. The number of hydrogen-bond acceptors (Lipinski definition) is 2. The fraction of sp³-hybridized carbons (Fsp3) is 0.571. The van der Waals surface area contributed by atoms with Crippen LogP contribution in [0.1, 0.15) is 25.3 Å². The van der Waals surface area contributed by atoms with Crippen LogP contribution in [0.15, 0.2) is 24.3 Å². The van der Waals surface area contributed by atoms with Gasteiger partial charge in [-0.25, -0.2) is 0 Å². The maximum Gasteiger partial charge on any atom is 0.269 e. The van der Waals surface area contributed by atoms with Gasteiger partial charge in [0.05, 0.1) is 31.1 Å². The average Bonchev–Trinajstić information content (AvgIpc) is 2.86. The fourth-order valence-electron chi connectivity index (χ4n) is 2.85. The van der Waals surface area contributed by atoms with Gasteiger partial charge in [-0.1, -0.05) is 12.1 Å². The second kappa shape index (κ2) is 7.01. The Labute approximate surface area is 124 Å². The predicted molar refractivity (Wildman–Crippen MR) is 71.4 cm³/mol. The topological polar surface area (TPSA) is 43.1 Å². The third-order valence-electron chi connectivity index (χ3n) is 4.21. The third-order valence-corrected chi connectivity index (χ3v) is 4.21. The molecule has 1 fully saturated rings. The number of nitro benzene ring substituents is 1.